The summed E-state index contributed by atoms with van der Waals surface area (Å²) in [6.07, 6.45) is 6.45. The second-order valence-electron chi connectivity index (χ2n) is 6.19. The molecule has 0 N–H and O–H groups in total. The van der Waals surface area contributed by atoms with Crippen LogP contribution in [0, 0.1) is 0 Å². The van der Waals surface area contributed by atoms with Crippen LogP contribution in [0.25, 0.3) is 11.4 Å². The molecule has 1 aliphatic rings. The van der Waals surface area contributed by atoms with Crippen molar-refractivity contribution in [3.8, 4) is 11.4 Å². The number of pyridine rings is 1. The SMILES string of the molecule is O=c1ccccn1CCn1cc(-c2cncc(N3CC[C@@H](F)C3)n2)nn1. The van der Waals surface area contributed by atoms with Gasteiger partial charge in [-0.1, -0.05) is 11.3 Å². The van der Waals surface area contributed by atoms with Gasteiger partial charge >= 0.3 is 0 Å². The molecular weight excluding hydrogens is 337 g/mol. The van der Waals surface area contributed by atoms with Crippen molar-refractivity contribution in [3.05, 3.63) is 53.3 Å². The van der Waals surface area contributed by atoms with Crippen molar-refractivity contribution < 1.29 is 4.39 Å². The minimum atomic E-state index is -0.817. The fourth-order valence-corrected chi connectivity index (χ4v) is 2.94. The first-order chi connectivity index (χ1) is 12.7. The average molecular weight is 355 g/mol. The van der Waals surface area contributed by atoms with Crippen LogP contribution in [-0.2, 0) is 13.1 Å². The molecule has 9 heteroatoms. The fourth-order valence-electron chi connectivity index (χ4n) is 2.94. The van der Waals surface area contributed by atoms with E-state index in [1.165, 1.54) is 6.07 Å². The minimum Gasteiger partial charge on any atom is -0.352 e. The highest BCUT2D eigenvalue weighted by atomic mass is 19.1. The van der Waals surface area contributed by atoms with Gasteiger partial charge in [0.15, 0.2) is 0 Å². The highest BCUT2D eigenvalue weighted by molar-refractivity contribution is 5.54. The summed E-state index contributed by atoms with van der Waals surface area (Å²) >= 11 is 0. The predicted octanol–water partition coefficient (Wildman–Crippen LogP) is 1.15. The zero-order valence-electron chi connectivity index (χ0n) is 14.1. The van der Waals surface area contributed by atoms with Crippen LogP contribution in [0.1, 0.15) is 6.42 Å². The molecule has 4 heterocycles. The number of hydrogen-bond acceptors (Lipinski definition) is 6. The number of aromatic nitrogens is 6. The molecule has 0 bridgehead atoms. The topological polar surface area (TPSA) is 81.7 Å². The Bertz CT molecular complexity index is 954. The molecule has 3 aromatic rings. The van der Waals surface area contributed by atoms with Gasteiger partial charge in [0, 0.05) is 25.4 Å². The van der Waals surface area contributed by atoms with Crippen LogP contribution in [-0.4, -0.2) is 48.8 Å². The standard InChI is InChI=1S/C17H18FN7O/c18-13-4-6-24(11-13)16-10-19-9-14(20-16)15-12-25(22-21-15)8-7-23-5-2-1-3-17(23)26/h1-3,5,9-10,12-13H,4,6-8,11H2/t13-/m1/s1. The van der Waals surface area contributed by atoms with Crippen molar-refractivity contribution >= 4 is 5.82 Å². The predicted molar refractivity (Wildman–Crippen MR) is 93.5 cm³/mol. The molecule has 0 aromatic carbocycles. The summed E-state index contributed by atoms with van der Waals surface area (Å²) in [6, 6.07) is 5.05. The van der Waals surface area contributed by atoms with Crippen molar-refractivity contribution in [2.24, 2.45) is 0 Å². The average Bonchev–Trinajstić information content (AvgIpc) is 3.30. The molecule has 0 saturated carbocycles. The number of anilines is 1. The summed E-state index contributed by atoms with van der Waals surface area (Å²) in [5, 5.41) is 8.22. The van der Waals surface area contributed by atoms with E-state index in [9.17, 15) is 9.18 Å². The third-order valence-corrected chi connectivity index (χ3v) is 4.35. The quantitative estimate of drug-likeness (QED) is 0.683. The van der Waals surface area contributed by atoms with E-state index < -0.39 is 6.17 Å². The smallest absolute Gasteiger partial charge is 0.250 e. The van der Waals surface area contributed by atoms with E-state index in [4.69, 9.17) is 0 Å². The van der Waals surface area contributed by atoms with Crippen LogP contribution >= 0.6 is 0 Å². The Kier molecular flexibility index (Phi) is 4.42. The normalized spacial score (nSPS) is 17.0. The Morgan fingerprint density at radius 1 is 1.19 bits per heavy atom. The molecule has 0 aliphatic carbocycles. The molecule has 4 rings (SSSR count). The molecule has 134 valence electrons. The van der Waals surface area contributed by atoms with Gasteiger partial charge in [0.25, 0.3) is 5.56 Å². The first-order valence-electron chi connectivity index (χ1n) is 8.46. The van der Waals surface area contributed by atoms with Gasteiger partial charge in [0.2, 0.25) is 0 Å². The first kappa shape index (κ1) is 16.4. The largest absolute Gasteiger partial charge is 0.352 e. The van der Waals surface area contributed by atoms with Crippen LogP contribution in [0.5, 0.6) is 0 Å². The monoisotopic (exact) mass is 355 g/mol. The molecule has 26 heavy (non-hydrogen) atoms. The zero-order chi connectivity index (χ0) is 17.9. The zero-order valence-corrected chi connectivity index (χ0v) is 14.1. The van der Waals surface area contributed by atoms with Crippen molar-refractivity contribution in [2.45, 2.75) is 25.7 Å². The van der Waals surface area contributed by atoms with Crippen molar-refractivity contribution in [1.82, 2.24) is 29.5 Å². The van der Waals surface area contributed by atoms with Gasteiger partial charge in [-0.15, -0.1) is 5.10 Å². The molecule has 1 aliphatic heterocycles. The Morgan fingerprint density at radius 2 is 2.12 bits per heavy atom. The summed E-state index contributed by atoms with van der Waals surface area (Å²) in [4.78, 5) is 22.3. The Labute approximate surface area is 148 Å². The van der Waals surface area contributed by atoms with E-state index in [2.05, 4.69) is 20.3 Å². The van der Waals surface area contributed by atoms with Crippen molar-refractivity contribution in [1.29, 1.82) is 0 Å². The molecule has 1 fully saturated rings. The second-order valence-corrected chi connectivity index (χ2v) is 6.19. The summed E-state index contributed by atoms with van der Waals surface area (Å²) in [5.41, 5.74) is 1.13. The Morgan fingerprint density at radius 3 is 2.92 bits per heavy atom. The van der Waals surface area contributed by atoms with Gasteiger partial charge in [-0.25, -0.2) is 9.37 Å². The maximum Gasteiger partial charge on any atom is 0.250 e. The molecule has 0 radical (unpaired) electrons. The third kappa shape index (κ3) is 3.46. The van der Waals surface area contributed by atoms with Gasteiger partial charge in [-0.05, 0) is 12.5 Å². The summed E-state index contributed by atoms with van der Waals surface area (Å²) in [5.74, 6) is 0.646. The van der Waals surface area contributed by atoms with Crippen molar-refractivity contribution in [2.75, 3.05) is 18.0 Å². The maximum absolute atomic E-state index is 13.4. The maximum atomic E-state index is 13.4. The lowest BCUT2D eigenvalue weighted by molar-refractivity contribution is 0.364. The molecule has 8 nitrogen and oxygen atoms in total. The Balaban J connectivity index is 1.48. The highest BCUT2D eigenvalue weighted by Gasteiger charge is 2.23. The lowest BCUT2D eigenvalue weighted by atomic mass is 10.3. The number of aryl methyl sites for hydroxylation is 2. The van der Waals surface area contributed by atoms with Gasteiger partial charge in [-0.2, -0.15) is 0 Å². The number of alkyl halides is 1. The molecular formula is C17H18FN7O. The molecule has 0 spiro atoms. The van der Waals surface area contributed by atoms with E-state index in [0.717, 1.165) is 0 Å². The molecule has 0 amide bonds. The molecule has 1 saturated heterocycles. The highest BCUT2D eigenvalue weighted by Crippen LogP contribution is 2.21. The molecule has 0 unspecified atom stereocenters. The van der Waals surface area contributed by atoms with Crippen LogP contribution in [0.3, 0.4) is 0 Å². The van der Waals surface area contributed by atoms with E-state index in [1.807, 2.05) is 11.0 Å². The Hall–Kier alpha value is -3.10. The van der Waals surface area contributed by atoms with Crippen molar-refractivity contribution in [3.63, 3.8) is 0 Å². The van der Waals surface area contributed by atoms with Gasteiger partial charge in [0.05, 0.1) is 31.7 Å². The van der Waals surface area contributed by atoms with Crippen LogP contribution in [0.4, 0.5) is 10.2 Å². The molecule has 3 aromatic heterocycles. The lowest BCUT2D eigenvalue weighted by Crippen LogP contribution is -2.21. The number of rotatable bonds is 5. The second kappa shape index (κ2) is 7.03. The van der Waals surface area contributed by atoms with E-state index in [-0.39, 0.29) is 5.56 Å². The summed E-state index contributed by atoms with van der Waals surface area (Å²) in [7, 11) is 0. The molecule has 1 atom stereocenters. The summed E-state index contributed by atoms with van der Waals surface area (Å²) < 4.78 is 16.7. The van der Waals surface area contributed by atoms with E-state index >= 15 is 0 Å². The number of nitrogens with zero attached hydrogens (tertiary/aromatic N) is 7. The summed E-state index contributed by atoms with van der Waals surface area (Å²) in [6.45, 7) is 1.99. The van der Waals surface area contributed by atoms with Gasteiger partial charge < -0.3 is 9.47 Å². The minimum absolute atomic E-state index is 0.0526. The van der Waals surface area contributed by atoms with Crippen LogP contribution in [0.2, 0.25) is 0 Å². The number of hydrogen-bond donors (Lipinski definition) is 0. The third-order valence-electron chi connectivity index (χ3n) is 4.35. The fraction of sp³-hybridized carbons (Fsp3) is 0.353. The van der Waals surface area contributed by atoms with Crippen LogP contribution in [0.15, 0.2) is 47.8 Å². The van der Waals surface area contributed by atoms with Gasteiger partial charge in [-0.3, -0.25) is 14.5 Å². The van der Waals surface area contributed by atoms with E-state index in [0.29, 0.717) is 49.8 Å². The number of halogens is 1. The van der Waals surface area contributed by atoms with Crippen LogP contribution < -0.4 is 10.5 Å². The van der Waals surface area contributed by atoms with Gasteiger partial charge in [0.1, 0.15) is 23.4 Å². The first-order valence-corrected chi connectivity index (χ1v) is 8.46. The van der Waals surface area contributed by atoms with E-state index in [1.54, 1.807) is 40.1 Å². The lowest BCUT2D eigenvalue weighted by Gasteiger charge is -2.15.